The van der Waals surface area contributed by atoms with Crippen molar-refractivity contribution in [2.24, 2.45) is 0 Å². The van der Waals surface area contributed by atoms with Gasteiger partial charge in [0.1, 0.15) is 5.69 Å². The highest BCUT2D eigenvalue weighted by Crippen LogP contribution is 2.36. The molecule has 1 atom stereocenters. The number of hydrogen-bond acceptors (Lipinski definition) is 4. The topological polar surface area (TPSA) is 46.3 Å². The molecule has 128 valence electrons. The fraction of sp³-hybridized carbons (Fsp3) is 0.263. The fourth-order valence-corrected chi connectivity index (χ4v) is 4.60. The van der Waals surface area contributed by atoms with Crippen LogP contribution in [-0.2, 0) is 0 Å². The number of aryl methyl sites for hydroxylation is 1. The number of hydrogen-bond donors (Lipinski definition) is 0. The second kappa shape index (κ2) is 6.77. The first-order valence-corrected chi connectivity index (χ1v) is 9.82. The Morgan fingerprint density at radius 2 is 2.24 bits per heavy atom. The van der Waals surface area contributed by atoms with Gasteiger partial charge in [0, 0.05) is 15.9 Å². The molecule has 3 aromatic rings. The van der Waals surface area contributed by atoms with Gasteiger partial charge in [-0.2, -0.15) is 0 Å². The lowest BCUT2D eigenvalue weighted by Gasteiger charge is -2.24. The van der Waals surface area contributed by atoms with Crippen LogP contribution in [0.3, 0.4) is 0 Å². The molecule has 1 aliphatic rings. The summed E-state index contributed by atoms with van der Waals surface area (Å²) in [5, 5.41) is 0.754. The van der Waals surface area contributed by atoms with E-state index in [-0.39, 0.29) is 11.9 Å². The molecular formula is C19H17BrN2O2S. The van der Waals surface area contributed by atoms with Crippen LogP contribution >= 0.6 is 27.3 Å². The first-order chi connectivity index (χ1) is 12.1. The van der Waals surface area contributed by atoms with Crippen molar-refractivity contribution in [2.45, 2.75) is 25.8 Å². The molecule has 4 nitrogen and oxygen atoms in total. The Bertz CT molecular complexity index is 904. The van der Waals surface area contributed by atoms with Crippen molar-refractivity contribution in [1.29, 1.82) is 0 Å². The molecule has 1 fully saturated rings. The molecule has 1 saturated heterocycles. The summed E-state index contributed by atoms with van der Waals surface area (Å²) in [4.78, 5) is 20.6. The van der Waals surface area contributed by atoms with Crippen LogP contribution in [0, 0.1) is 6.92 Å². The molecule has 1 aliphatic heterocycles. The number of thiazole rings is 1. The normalized spacial score (nSPS) is 17.2. The van der Waals surface area contributed by atoms with Crippen molar-refractivity contribution in [3.8, 4) is 10.8 Å². The minimum atomic E-state index is 0.00836. The van der Waals surface area contributed by atoms with Gasteiger partial charge < -0.3 is 9.32 Å². The van der Waals surface area contributed by atoms with Crippen LogP contribution in [0.1, 0.15) is 39.8 Å². The van der Waals surface area contributed by atoms with Crippen LogP contribution in [0.5, 0.6) is 0 Å². The zero-order valence-electron chi connectivity index (χ0n) is 13.7. The van der Waals surface area contributed by atoms with Crippen LogP contribution in [0.2, 0.25) is 0 Å². The highest BCUT2D eigenvalue weighted by Gasteiger charge is 2.33. The zero-order valence-corrected chi connectivity index (χ0v) is 16.1. The minimum absolute atomic E-state index is 0.00836. The Balaban J connectivity index is 1.64. The van der Waals surface area contributed by atoms with Crippen molar-refractivity contribution >= 4 is 33.2 Å². The summed E-state index contributed by atoms with van der Waals surface area (Å²) in [6.45, 7) is 2.71. The van der Waals surface area contributed by atoms with Gasteiger partial charge >= 0.3 is 0 Å². The van der Waals surface area contributed by atoms with E-state index in [2.05, 4.69) is 33.0 Å². The maximum absolute atomic E-state index is 13.1. The average Bonchev–Trinajstić information content (AvgIpc) is 3.34. The Morgan fingerprint density at radius 3 is 3.00 bits per heavy atom. The number of halogens is 1. The summed E-state index contributed by atoms with van der Waals surface area (Å²) < 4.78 is 6.45. The van der Waals surface area contributed by atoms with E-state index in [1.807, 2.05) is 36.1 Å². The van der Waals surface area contributed by atoms with Crippen molar-refractivity contribution in [3.05, 3.63) is 63.3 Å². The van der Waals surface area contributed by atoms with Gasteiger partial charge in [0.25, 0.3) is 5.91 Å². The summed E-state index contributed by atoms with van der Waals surface area (Å²) >= 11 is 5.02. The smallest absolute Gasteiger partial charge is 0.274 e. The fourth-order valence-electron chi connectivity index (χ4n) is 3.31. The third-order valence-electron chi connectivity index (χ3n) is 4.48. The van der Waals surface area contributed by atoms with Crippen LogP contribution in [0.15, 0.2) is 51.6 Å². The molecule has 0 saturated carbocycles. The summed E-state index contributed by atoms with van der Waals surface area (Å²) in [5.74, 6) is 0.714. The molecule has 2 aromatic heterocycles. The molecule has 0 radical (unpaired) electrons. The predicted octanol–water partition coefficient (Wildman–Crippen LogP) is 5.45. The number of furan rings is 1. The number of carbonyl (C=O) groups excluding carboxylic acids is 1. The Morgan fingerprint density at radius 1 is 1.36 bits per heavy atom. The summed E-state index contributed by atoms with van der Waals surface area (Å²) in [7, 11) is 0. The Labute approximate surface area is 158 Å². The van der Waals surface area contributed by atoms with E-state index >= 15 is 0 Å². The lowest BCUT2D eigenvalue weighted by Crippen LogP contribution is -2.31. The highest BCUT2D eigenvalue weighted by molar-refractivity contribution is 9.10. The van der Waals surface area contributed by atoms with Crippen LogP contribution in [0.25, 0.3) is 10.8 Å². The molecule has 1 aromatic carbocycles. The number of rotatable bonds is 3. The third-order valence-corrected chi connectivity index (χ3v) is 5.96. The maximum atomic E-state index is 13.1. The molecule has 1 amide bonds. The molecule has 3 heterocycles. The first kappa shape index (κ1) is 16.5. The van der Waals surface area contributed by atoms with Gasteiger partial charge in [0.05, 0.1) is 12.3 Å². The van der Waals surface area contributed by atoms with Gasteiger partial charge in [0.2, 0.25) is 0 Å². The first-order valence-electron chi connectivity index (χ1n) is 8.21. The predicted molar refractivity (Wildman–Crippen MR) is 102 cm³/mol. The quantitative estimate of drug-likeness (QED) is 0.569. The van der Waals surface area contributed by atoms with Crippen LogP contribution < -0.4 is 0 Å². The second-order valence-electron chi connectivity index (χ2n) is 6.11. The van der Waals surface area contributed by atoms with Gasteiger partial charge in [-0.1, -0.05) is 28.1 Å². The van der Waals surface area contributed by atoms with E-state index in [4.69, 9.17) is 4.42 Å². The number of carbonyl (C=O) groups is 1. The largest absolute Gasteiger partial charge is 0.462 e. The monoisotopic (exact) mass is 416 g/mol. The van der Waals surface area contributed by atoms with Gasteiger partial charge in [0.15, 0.2) is 10.8 Å². The van der Waals surface area contributed by atoms with E-state index in [9.17, 15) is 4.79 Å². The van der Waals surface area contributed by atoms with Gasteiger partial charge in [-0.05, 0) is 49.6 Å². The number of amides is 1. The maximum Gasteiger partial charge on any atom is 0.274 e. The van der Waals surface area contributed by atoms with Crippen LogP contribution in [-0.4, -0.2) is 22.3 Å². The van der Waals surface area contributed by atoms with E-state index in [1.54, 1.807) is 6.26 Å². The zero-order chi connectivity index (χ0) is 17.4. The summed E-state index contributed by atoms with van der Waals surface area (Å²) in [5.41, 5.74) is 1.71. The molecule has 6 heteroatoms. The van der Waals surface area contributed by atoms with E-state index in [0.717, 1.165) is 33.7 Å². The lowest BCUT2D eigenvalue weighted by atomic mass is 10.0. The molecule has 0 N–H and O–H groups in total. The molecule has 0 aliphatic carbocycles. The Hall–Kier alpha value is -1.92. The summed E-state index contributed by atoms with van der Waals surface area (Å²) in [6, 6.07) is 12.0. The molecule has 25 heavy (non-hydrogen) atoms. The lowest BCUT2D eigenvalue weighted by molar-refractivity contribution is 0.0730. The van der Waals surface area contributed by atoms with Gasteiger partial charge in [-0.25, -0.2) is 4.98 Å². The third kappa shape index (κ3) is 3.16. The minimum Gasteiger partial charge on any atom is -0.462 e. The van der Waals surface area contributed by atoms with Gasteiger partial charge in [-0.15, -0.1) is 11.3 Å². The molecular weight excluding hydrogens is 400 g/mol. The van der Waals surface area contributed by atoms with Crippen molar-refractivity contribution < 1.29 is 9.21 Å². The number of likely N-dealkylation sites (tertiary alicyclic amines) is 1. The van der Waals surface area contributed by atoms with Crippen molar-refractivity contribution in [3.63, 3.8) is 0 Å². The average molecular weight is 417 g/mol. The van der Waals surface area contributed by atoms with Gasteiger partial charge in [-0.3, -0.25) is 4.79 Å². The standard InChI is InChI=1S/C19H17BrN2O2S/c1-12-17(21-18(25-12)16-8-4-10-24-16)19(23)22-9-3-7-15(22)13-5-2-6-14(20)11-13/h2,4-6,8,10-11,15H,3,7,9H2,1H3. The molecule has 4 rings (SSSR count). The van der Waals surface area contributed by atoms with Crippen molar-refractivity contribution in [1.82, 2.24) is 9.88 Å². The molecule has 0 spiro atoms. The number of nitrogens with zero attached hydrogens (tertiary/aromatic N) is 2. The van der Waals surface area contributed by atoms with E-state index in [0.29, 0.717) is 11.5 Å². The van der Waals surface area contributed by atoms with Crippen LogP contribution in [0.4, 0.5) is 0 Å². The van der Waals surface area contributed by atoms with Crippen molar-refractivity contribution in [2.75, 3.05) is 6.54 Å². The van der Waals surface area contributed by atoms with E-state index in [1.165, 1.54) is 16.9 Å². The SMILES string of the molecule is Cc1sc(-c2ccco2)nc1C(=O)N1CCCC1c1cccc(Br)c1. The van der Waals surface area contributed by atoms with E-state index < -0.39 is 0 Å². The Kier molecular flexibility index (Phi) is 4.48. The molecule has 1 unspecified atom stereocenters. The second-order valence-corrected chi connectivity index (χ2v) is 8.23. The molecule has 0 bridgehead atoms. The highest BCUT2D eigenvalue weighted by atomic mass is 79.9. The number of benzene rings is 1. The summed E-state index contributed by atoms with van der Waals surface area (Å²) in [6.07, 6.45) is 3.62. The number of aromatic nitrogens is 1.